The van der Waals surface area contributed by atoms with Gasteiger partial charge in [0.25, 0.3) is 0 Å². The van der Waals surface area contributed by atoms with Gasteiger partial charge in [-0.15, -0.1) is 0 Å². The second-order valence-corrected chi connectivity index (χ2v) is 8.08. The quantitative estimate of drug-likeness (QED) is 0.830. The van der Waals surface area contributed by atoms with Gasteiger partial charge < -0.3 is 15.8 Å². The van der Waals surface area contributed by atoms with Gasteiger partial charge in [-0.2, -0.15) is 10.2 Å². The van der Waals surface area contributed by atoms with Gasteiger partial charge in [0.2, 0.25) is 5.88 Å². The van der Waals surface area contributed by atoms with Gasteiger partial charge in [0, 0.05) is 29.2 Å². The highest BCUT2D eigenvalue weighted by Gasteiger charge is 2.42. The summed E-state index contributed by atoms with van der Waals surface area (Å²) in [5, 5.41) is 13.1. The Balaban J connectivity index is 2.04. The molecule has 0 saturated carbocycles. The van der Waals surface area contributed by atoms with Gasteiger partial charge in [-0.25, -0.2) is 0 Å². The fourth-order valence-corrected chi connectivity index (χ4v) is 4.32. The van der Waals surface area contributed by atoms with Gasteiger partial charge in [0.15, 0.2) is 5.78 Å². The van der Waals surface area contributed by atoms with Gasteiger partial charge in [0.1, 0.15) is 17.5 Å². The van der Waals surface area contributed by atoms with E-state index in [1.807, 2.05) is 30.3 Å². The molecule has 0 saturated heterocycles. The second kappa shape index (κ2) is 6.38. The zero-order valence-corrected chi connectivity index (χ0v) is 16.2. The number of Topliss-reactive ketones (excluding diaryl/α,β-unsaturated/α-hetero) is 1. The number of pyridine rings is 1. The monoisotopic (exact) mass is 374 g/mol. The van der Waals surface area contributed by atoms with Crippen LogP contribution in [0.25, 0.3) is 0 Å². The average Bonchev–Trinajstić information content (AvgIpc) is 2.66. The first-order valence-corrected chi connectivity index (χ1v) is 9.22. The minimum Gasteiger partial charge on any atom is -0.480 e. The minimum atomic E-state index is -0.360. The normalized spacial score (nSPS) is 19.9. The third-order valence-electron chi connectivity index (χ3n) is 5.44. The number of nitrogens with one attached hydrogen (secondary N) is 1. The lowest BCUT2D eigenvalue weighted by Gasteiger charge is -2.40. The summed E-state index contributed by atoms with van der Waals surface area (Å²) >= 11 is 0. The van der Waals surface area contributed by atoms with Gasteiger partial charge in [0.05, 0.1) is 12.8 Å². The summed E-state index contributed by atoms with van der Waals surface area (Å²) in [6.07, 6.45) is 1.19. The van der Waals surface area contributed by atoms with Gasteiger partial charge in [-0.1, -0.05) is 44.2 Å². The predicted molar refractivity (Wildman–Crippen MR) is 107 cm³/mol. The third kappa shape index (κ3) is 2.71. The number of hydrogen-bond donors (Lipinski definition) is 2. The topological polar surface area (TPSA) is 101 Å². The standard InChI is InChI=1S/C22H22N4O2/c1-22(2)9-14-17(15(27)10-22)16(12-7-5-4-6-8-12)18-19(25-14)13(11-23)21(28-3)26-20(18)24/h4-8,16,25H,9-10H2,1-3H3,(H2,24,26)/t16-/m0/s1. The van der Waals surface area contributed by atoms with Crippen molar-refractivity contribution in [3.8, 4) is 11.9 Å². The van der Waals surface area contributed by atoms with Gasteiger partial charge in [-0.05, 0) is 17.4 Å². The number of ether oxygens (including phenoxy) is 1. The van der Waals surface area contributed by atoms with E-state index in [1.165, 1.54) is 7.11 Å². The molecule has 6 nitrogen and oxygen atoms in total. The van der Waals surface area contributed by atoms with Crippen molar-refractivity contribution in [3.05, 3.63) is 58.3 Å². The summed E-state index contributed by atoms with van der Waals surface area (Å²) in [5.41, 5.74) is 10.2. The summed E-state index contributed by atoms with van der Waals surface area (Å²) in [6.45, 7) is 4.16. The zero-order chi connectivity index (χ0) is 20.1. The number of nitrogens with zero attached hydrogens (tertiary/aromatic N) is 2. The van der Waals surface area contributed by atoms with Crippen molar-refractivity contribution >= 4 is 17.3 Å². The summed E-state index contributed by atoms with van der Waals surface area (Å²) in [6, 6.07) is 12.0. The number of ketones is 1. The molecule has 142 valence electrons. The number of nitrogen functional groups attached to an aromatic ring is 1. The Morgan fingerprint density at radius 1 is 1.29 bits per heavy atom. The molecule has 4 rings (SSSR count). The Hall–Kier alpha value is -3.33. The number of allylic oxidation sites excluding steroid dienone is 2. The van der Waals surface area contributed by atoms with Gasteiger partial charge >= 0.3 is 0 Å². The van der Waals surface area contributed by atoms with Crippen molar-refractivity contribution in [2.24, 2.45) is 5.41 Å². The van der Waals surface area contributed by atoms with Crippen LogP contribution in [0.3, 0.4) is 0 Å². The molecule has 0 radical (unpaired) electrons. The molecule has 0 spiro atoms. The highest BCUT2D eigenvalue weighted by atomic mass is 16.5. The van der Waals surface area contributed by atoms with Crippen molar-refractivity contribution in [2.45, 2.75) is 32.6 Å². The van der Waals surface area contributed by atoms with E-state index in [1.54, 1.807) is 0 Å². The Labute approximate surface area is 164 Å². The van der Waals surface area contributed by atoms with E-state index in [0.29, 0.717) is 29.7 Å². The third-order valence-corrected chi connectivity index (χ3v) is 5.44. The first-order chi connectivity index (χ1) is 13.4. The number of hydrogen-bond acceptors (Lipinski definition) is 6. The lowest BCUT2D eigenvalue weighted by atomic mass is 9.68. The van der Waals surface area contributed by atoms with Crippen LogP contribution in [0.15, 0.2) is 41.6 Å². The smallest absolute Gasteiger partial charge is 0.235 e. The molecule has 0 unspecified atom stereocenters. The summed E-state index contributed by atoms with van der Waals surface area (Å²) in [7, 11) is 1.46. The van der Waals surface area contributed by atoms with Crippen LogP contribution in [0.2, 0.25) is 0 Å². The maximum Gasteiger partial charge on any atom is 0.235 e. The van der Waals surface area contributed by atoms with Gasteiger partial charge in [-0.3, -0.25) is 4.79 Å². The number of aromatic nitrogens is 1. The number of nitriles is 1. The van der Waals surface area contributed by atoms with Crippen LogP contribution < -0.4 is 15.8 Å². The SMILES string of the molecule is COc1nc(N)c2c(c1C#N)NC1=C(C(=O)CC(C)(C)C1)[C@@H]2c1ccccc1. The minimum absolute atomic E-state index is 0.104. The molecule has 2 aliphatic rings. The van der Waals surface area contributed by atoms with Crippen LogP contribution in [0.5, 0.6) is 5.88 Å². The Morgan fingerprint density at radius 2 is 2.00 bits per heavy atom. The van der Waals surface area contributed by atoms with Crippen LogP contribution in [0.4, 0.5) is 11.5 Å². The second-order valence-electron chi connectivity index (χ2n) is 8.08. The zero-order valence-electron chi connectivity index (χ0n) is 16.2. The molecule has 1 atom stereocenters. The van der Waals surface area contributed by atoms with E-state index in [-0.39, 0.29) is 28.8 Å². The maximum atomic E-state index is 13.2. The molecular formula is C22H22N4O2. The lowest BCUT2D eigenvalue weighted by molar-refractivity contribution is -0.118. The van der Waals surface area contributed by atoms with Crippen molar-refractivity contribution in [1.82, 2.24) is 4.98 Å². The fraction of sp³-hybridized carbons (Fsp3) is 0.318. The van der Waals surface area contributed by atoms with E-state index in [9.17, 15) is 10.1 Å². The van der Waals surface area contributed by atoms with Crippen LogP contribution in [0.1, 0.15) is 49.3 Å². The molecule has 1 aliphatic carbocycles. The number of methoxy groups -OCH3 is 1. The van der Waals surface area contributed by atoms with E-state index in [2.05, 4.69) is 30.2 Å². The number of carbonyl (C=O) groups excluding carboxylic acids is 1. The summed E-state index contributed by atoms with van der Waals surface area (Å²) in [5.74, 6) is 0.188. The highest BCUT2D eigenvalue weighted by molar-refractivity contribution is 6.02. The first kappa shape index (κ1) is 18.1. The van der Waals surface area contributed by atoms with Crippen molar-refractivity contribution in [3.63, 3.8) is 0 Å². The molecule has 0 amide bonds. The summed E-state index contributed by atoms with van der Waals surface area (Å²) < 4.78 is 5.29. The van der Waals surface area contributed by atoms with Crippen molar-refractivity contribution < 1.29 is 9.53 Å². The number of nitrogens with two attached hydrogens (primary N) is 1. The van der Waals surface area contributed by atoms with Crippen LogP contribution in [-0.4, -0.2) is 17.9 Å². The Bertz CT molecular complexity index is 1050. The number of carbonyl (C=O) groups is 1. The maximum absolute atomic E-state index is 13.2. The number of fused-ring (bicyclic) bond motifs is 1. The average molecular weight is 374 g/mol. The van der Waals surface area contributed by atoms with Crippen molar-refractivity contribution in [2.75, 3.05) is 18.2 Å². The molecule has 2 aromatic rings. The van der Waals surface area contributed by atoms with E-state index in [4.69, 9.17) is 10.5 Å². The van der Waals surface area contributed by atoms with E-state index >= 15 is 0 Å². The van der Waals surface area contributed by atoms with Crippen molar-refractivity contribution in [1.29, 1.82) is 5.26 Å². The number of anilines is 2. The molecule has 3 N–H and O–H groups in total. The lowest BCUT2D eigenvalue weighted by Crippen LogP contribution is -2.34. The fourth-order valence-electron chi connectivity index (χ4n) is 4.32. The Kier molecular flexibility index (Phi) is 4.11. The molecule has 28 heavy (non-hydrogen) atoms. The van der Waals surface area contributed by atoms with Crippen LogP contribution in [0, 0.1) is 16.7 Å². The molecule has 1 aromatic heterocycles. The molecule has 0 fully saturated rings. The predicted octanol–water partition coefficient (Wildman–Crippen LogP) is 3.74. The molecule has 6 heteroatoms. The molecule has 1 aromatic carbocycles. The number of rotatable bonds is 2. The largest absolute Gasteiger partial charge is 0.480 e. The molecule has 2 heterocycles. The van der Waals surface area contributed by atoms with E-state index < -0.39 is 0 Å². The molecular weight excluding hydrogens is 352 g/mol. The van der Waals surface area contributed by atoms with E-state index in [0.717, 1.165) is 16.8 Å². The van der Waals surface area contributed by atoms with Crippen LogP contribution >= 0.6 is 0 Å². The first-order valence-electron chi connectivity index (χ1n) is 9.22. The molecule has 0 bridgehead atoms. The molecule has 1 aliphatic heterocycles. The number of benzene rings is 1. The summed E-state index contributed by atoms with van der Waals surface area (Å²) in [4.78, 5) is 17.5. The Morgan fingerprint density at radius 3 is 2.64 bits per heavy atom. The highest BCUT2D eigenvalue weighted by Crippen LogP contribution is 2.51. The van der Waals surface area contributed by atoms with Crippen LogP contribution in [-0.2, 0) is 4.79 Å².